The van der Waals surface area contributed by atoms with Crippen LogP contribution in [0.2, 0.25) is 0 Å². The predicted octanol–water partition coefficient (Wildman–Crippen LogP) is 2.80. The van der Waals surface area contributed by atoms with Gasteiger partial charge in [0.1, 0.15) is 5.82 Å². The summed E-state index contributed by atoms with van der Waals surface area (Å²) in [7, 11) is 0. The number of nitrogen functional groups attached to an aromatic ring is 1. The van der Waals surface area contributed by atoms with Crippen molar-refractivity contribution in [2.45, 2.75) is 10.6 Å². The molecule has 0 aliphatic carbocycles. The Morgan fingerprint density at radius 1 is 1.15 bits per heavy atom. The second-order valence-corrected chi connectivity index (χ2v) is 5.44. The van der Waals surface area contributed by atoms with E-state index in [2.05, 4.69) is 9.97 Å². The molecule has 1 heterocycles. The van der Waals surface area contributed by atoms with Crippen LogP contribution in [-0.4, -0.2) is 9.97 Å². The van der Waals surface area contributed by atoms with Crippen molar-refractivity contribution in [3.63, 3.8) is 0 Å². The van der Waals surface area contributed by atoms with Crippen LogP contribution in [0, 0.1) is 0 Å². The van der Waals surface area contributed by atoms with Gasteiger partial charge in [-0.15, -0.1) is 11.8 Å². The highest BCUT2D eigenvalue weighted by Gasteiger charge is 2.04. The maximum absolute atomic E-state index is 11.9. The first-order valence-corrected chi connectivity index (χ1v) is 7.17. The second kappa shape index (κ2) is 5.38. The minimum absolute atomic E-state index is 0.0984. The van der Waals surface area contributed by atoms with E-state index in [0.717, 1.165) is 16.1 Å². The van der Waals surface area contributed by atoms with Crippen molar-refractivity contribution in [2.24, 2.45) is 0 Å². The Hall–Kier alpha value is -2.27. The summed E-state index contributed by atoms with van der Waals surface area (Å²) in [5.41, 5.74) is 7.09. The van der Waals surface area contributed by atoms with Crippen LogP contribution in [0.15, 0.2) is 58.2 Å². The summed E-state index contributed by atoms with van der Waals surface area (Å²) >= 11 is 1.59. The molecule has 0 saturated heterocycles. The summed E-state index contributed by atoms with van der Waals surface area (Å²) < 4.78 is 0. The molecular formula is C15H13N3OS. The fourth-order valence-electron chi connectivity index (χ4n) is 1.96. The van der Waals surface area contributed by atoms with Crippen molar-refractivity contribution in [2.75, 3.05) is 5.73 Å². The standard InChI is InChI=1S/C15H13N3OS/c16-10-4-3-5-11(8-10)20-9-14-17-13-7-2-1-6-12(13)15(19)18-14/h1-8H,9,16H2,(H,17,18,19). The number of aromatic amines is 1. The number of nitrogens with two attached hydrogens (primary N) is 1. The highest BCUT2D eigenvalue weighted by atomic mass is 32.2. The van der Waals surface area contributed by atoms with Crippen LogP contribution in [0.25, 0.3) is 10.9 Å². The Bertz CT molecular complexity index is 813. The first-order chi connectivity index (χ1) is 9.72. The van der Waals surface area contributed by atoms with Crippen molar-refractivity contribution in [3.05, 3.63) is 64.7 Å². The lowest BCUT2D eigenvalue weighted by atomic mass is 10.2. The lowest BCUT2D eigenvalue weighted by Gasteiger charge is -2.04. The average molecular weight is 283 g/mol. The molecule has 0 amide bonds. The zero-order valence-electron chi connectivity index (χ0n) is 10.7. The van der Waals surface area contributed by atoms with E-state index in [1.165, 1.54) is 0 Å². The van der Waals surface area contributed by atoms with Gasteiger partial charge >= 0.3 is 0 Å². The Labute approximate surface area is 120 Å². The number of nitrogens with zero attached hydrogens (tertiary/aromatic N) is 1. The maximum Gasteiger partial charge on any atom is 0.258 e. The van der Waals surface area contributed by atoms with E-state index in [4.69, 9.17) is 5.73 Å². The molecule has 4 nitrogen and oxygen atoms in total. The molecule has 3 aromatic rings. The average Bonchev–Trinajstić information content (AvgIpc) is 2.45. The number of aromatic nitrogens is 2. The van der Waals surface area contributed by atoms with Gasteiger partial charge in [0.25, 0.3) is 5.56 Å². The van der Waals surface area contributed by atoms with Gasteiger partial charge < -0.3 is 10.7 Å². The van der Waals surface area contributed by atoms with E-state index >= 15 is 0 Å². The van der Waals surface area contributed by atoms with Gasteiger partial charge in [-0.3, -0.25) is 4.79 Å². The Morgan fingerprint density at radius 2 is 2.00 bits per heavy atom. The van der Waals surface area contributed by atoms with E-state index in [1.54, 1.807) is 17.8 Å². The van der Waals surface area contributed by atoms with Crippen molar-refractivity contribution in [3.8, 4) is 0 Å². The number of benzene rings is 2. The fraction of sp³-hybridized carbons (Fsp3) is 0.0667. The van der Waals surface area contributed by atoms with Gasteiger partial charge in [-0.05, 0) is 30.3 Å². The van der Waals surface area contributed by atoms with Gasteiger partial charge in [0, 0.05) is 10.6 Å². The Kier molecular flexibility index (Phi) is 3.43. The summed E-state index contributed by atoms with van der Waals surface area (Å²) in [4.78, 5) is 20.3. The number of thioether (sulfide) groups is 1. The number of anilines is 1. The third-order valence-corrected chi connectivity index (χ3v) is 3.90. The summed E-state index contributed by atoms with van der Waals surface area (Å²) in [6.07, 6.45) is 0. The smallest absolute Gasteiger partial charge is 0.258 e. The Morgan fingerprint density at radius 3 is 2.85 bits per heavy atom. The quantitative estimate of drug-likeness (QED) is 0.572. The number of H-pyrrole nitrogens is 1. The van der Waals surface area contributed by atoms with E-state index in [1.807, 2.05) is 42.5 Å². The summed E-state index contributed by atoms with van der Waals surface area (Å²) in [6, 6.07) is 15.0. The number of fused-ring (bicyclic) bond motifs is 1. The first-order valence-electron chi connectivity index (χ1n) is 6.19. The van der Waals surface area contributed by atoms with Gasteiger partial charge in [0.05, 0.1) is 16.7 Å². The zero-order valence-corrected chi connectivity index (χ0v) is 11.5. The molecule has 5 heteroatoms. The number of nitrogens with one attached hydrogen (secondary N) is 1. The van der Waals surface area contributed by atoms with E-state index in [0.29, 0.717) is 17.0 Å². The molecule has 0 unspecified atom stereocenters. The molecule has 1 aromatic heterocycles. The molecule has 0 aliphatic heterocycles. The van der Waals surface area contributed by atoms with Crippen LogP contribution < -0.4 is 11.3 Å². The molecule has 100 valence electrons. The third kappa shape index (κ3) is 2.67. The third-order valence-electron chi connectivity index (χ3n) is 2.90. The number of hydrogen-bond acceptors (Lipinski definition) is 4. The Balaban J connectivity index is 1.86. The van der Waals surface area contributed by atoms with Gasteiger partial charge in [0.2, 0.25) is 0 Å². The summed E-state index contributed by atoms with van der Waals surface area (Å²) in [5, 5.41) is 0.616. The molecule has 3 N–H and O–H groups in total. The highest BCUT2D eigenvalue weighted by molar-refractivity contribution is 7.98. The fourth-order valence-corrected chi connectivity index (χ4v) is 2.79. The minimum atomic E-state index is -0.0984. The maximum atomic E-state index is 11.9. The molecule has 20 heavy (non-hydrogen) atoms. The van der Waals surface area contributed by atoms with Gasteiger partial charge in [-0.2, -0.15) is 0 Å². The molecule has 0 bridgehead atoms. The van der Waals surface area contributed by atoms with E-state index < -0.39 is 0 Å². The molecule has 2 aromatic carbocycles. The molecule has 3 rings (SSSR count). The summed E-state index contributed by atoms with van der Waals surface area (Å²) in [5.74, 6) is 1.27. The summed E-state index contributed by atoms with van der Waals surface area (Å²) in [6.45, 7) is 0. The van der Waals surface area contributed by atoms with Crippen molar-refractivity contribution in [1.82, 2.24) is 9.97 Å². The van der Waals surface area contributed by atoms with Gasteiger partial charge in [-0.25, -0.2) is 4.98 Å². The number of para-hydroxylation sites is 1. The van der Waals surface area contributed by atoms with Crippen LogP contribution in [0.5, 0.6) is 0 Å². The minimum Gasteiger partial charge on any atom is -0.399 e. The molecule has 0 atom stereocenters. The van der Waals surface area contributed by atoms with Crippen molar-refractivity contribution < 1.29 is 0 Å². The molecule has 0 aliphatic rings. The van der Waals surface area contributed by atoms with E-state index in [9.17, 15) is 4.79 Å². The zero-order chi connectivity index (χ0) is 13.9. The predicted molar refractivity (Wildman–Crippen MR) is 82.8 cm³/mol. The topological polar surface area (TPSA) is 71.8 Å². The molecular weight excluding hydrogens is 270 g/mol. The largest absolute Gasteiger partial charge is 0.399 e. The van der Waals surface area contributed by atoms with Crippen LogP contribution in [-0.2, 0) is 5.75 Å². The molecule has 0 radical (unpaired) electrons. The van der Waals surface area contributed by atoms with Crippen LogP contribution >= 0.6 is 11.8 Å². The highest BCUT2D eigenvalue weighted by Crippen LogP contribution is 2.23. The number of rotatable bonds is 3. The number of hydrogen-bond donors (Lipinski definition) is 2. The van der Waals surface area contributed by atoms with Gasteiger partial charge in [-0.1, -0.05) is 18.2 Å². The lowest BCUT2D eigenvalue weighted by Crippen LogP contribution is -2.11. The molecule has 0 spiro atoms. The van der Waals surface area contributed by atoms with Gasteiger partial charge in [0.15, 0.2) is 0 Å². The van der Waals surface area contributed by atoms with Crippen molar-refractivity contribution in [1.29, 1.82) is 0 Å². The van der Waals surface area contributed by atoms with Crippen LogP contribution in [0.4, 0.5) is 5.69 Å². The normalized spacial score (nSPS) is 10.8. The monoisotopic (exact) mass is 283 g/mol. The second-order valence-electron chi connectivity index (χ2n) is 4.39. The lowest BCUT2D eigenvalue weighted by molar-refractivity contribution is 1.04. The molecule has 0 saturated carbocycles. The van der Waals surface area contributed by atoms with Crippen molar-refractivity contribution >= 4 is 28.4 Å². The van der Waals surface area contributed by atoms with E-state index in [-0.39, 0.29) is 5.56 Å². The van der Waals surface area contributed by atoms with Crippen LogP contribution in [0.3, 0.4) is 0 Å². The first kappa shape index (κ1) is 12.7. The SMILES string of the molecule is Nc1cccc(SCc2nc3ccccc3c(=O)[nH]2)c1. The van der Waals surface area contributed by atoms with Crippen LogP contribution in [0.1, 0.15) is 5.82 Å². The molecule has 0 fully saturated rings.